The average Bonchev–Trinajstić information content (AvgIpc) is 3.20. The number of amides is 1. The van der Waals surface area contributed by atoms with Gasteiger partial charge in [-0.25, -0.2) is 0 Å². The molecule has 0 radical (unpaired) electrons. The molecule has 4 aromatic rings. The van der Waals surface area contributed by atoms with Crippen molar-refractivity contribution in [3.63, 3.8) is 0 Å². The molecular formula is C24H23N5O2. The van der Waals surface area contributed by atoms with Gasteiger partial charge in [0.15, 0.2) is 11.5 Å². The lowest BCUT2D eigenvalue weighted by molar-refractivity contribution is -0.125. The quantitative estimate of drug-likeness (QED) is 0.551. The number of hydrogen-bond acceptors (Lipinski definition) is 5. The molecule has 0 atom stereocenters. The number of nitrogens with zero attached hydrogens (tertiary/aromatic N) is 4. The van der Waals surface area contributed by atoms with E-state index in [-0.39, 0.29) is 5.91 Å². The molecule has 0 spiro atoms. The summed E-state index contributed by atoms with van der Waals surface area (Å²) >= 11 is 0. The molecule has 1 aliphatic heterocycles. The fourth-order valence-corrected chi connectivity index (χ4v) is 4.15. The van der Waals surface area contributed by atoms with Gasteiger partial charge in [0.2, 0.25) is 5.91 Å². The van der Waals surface area contributed by atoms with Crippen LogP contribution in [0.3, 0.4) is 0 Å². The highest BCUT2D eigenvalue weighted by Gasteiger charge is 2.41. The van der Waals surface area contributed by atoms with E-state index < -0.39 is 5.41 Å². The number of ether oxygens (including phenoxy) is 1. The van der Waals surface area contributed by atoms with Crippen LogP contribution >= 0.6 is 0 Å². The molecule has 3 heterocycles. The Bertz CT molecular complexity index is 1210. The van der Waals surface area contributed by atoms with E-state index in [0.717, 1.165) is 28.3 Å². The molecule has 156 valence electrons. The highest BCUT2D eigenvalue weighted by atomic mass is 16.5. The minimum Gasteiger partial charge on any atom is -0.381 e. The highest BCUT2D eigenvalue weighted by molar-refractivity contribution is 5.99. The Hall–Kier alpha value is -3.58. The van der Waals surface area contributed by atoms with E-state index in [9.17, 15) is 4.79 Å². The summed E-state index contributed by atoms with van der Waals surface area (Å²) in [5, 5.41) is 15.9. The number of fused-ring (bicyclic) bond motifs is 1. The Morgan fingerprint density at radius 1 is 0.968 bits per heavy atom. The third kappa shape index (κ3) is 3.57. The maximum Gasteiger partial charge on any atom is 0.235 e. The van der Waals surface area contributed by atoms with Gasteiger partial charge in [0, 0.05) is 24.5 Å². The van der Waals surface area contributed by atoms with Crippen LogP contribution in [0, 0.1) is 6.92 Å². The number of anilines is 1. The average molecular weight is 413 g/mol. The van der Waals surface area contributed by atoms with Gasteiger partial charge in [-0.1, -0.05) is 42.5 Å². The van der Waals surface area contributed by atoms with Crippen molar-refractivity contribution in [2.24, 2.45) is 0 Å². The van der Waals surface area contributed by atoms with Crippen molar-refractivity contribution in [3.05, 3.63) is 78.1 Å². The molecule has 1 amide bonds. The van der Waals surface area contributed by atoms with E-state index in [2.05, 4.69) is 20.6 Å². The second-order valence-corrected chi connectivity index (χ2v) is 7.83. The normalized spacial score (nSPS) is 15.6. The second-order valence-electron chi connectivity index (χ2n) is 7.83. The first-order chi connectivity index (χ1) is 15.2. The van der Waals surface area contributed by atoms with E-state index in [4.69, 9.17) is 4.74 Å². The van der Waals surface area contributed by atoms with E-state index in [1.807, 2.05) is 73.7 Å². The molecule has 0 unspecified atom stereocenters. The van der Waals surface area contributed by atoms with Gasteiger partial charge < -0.3 is 10.1 Å². The maximum absolute atomic E-state index is 13.4. The zero-order valence-electron chi connectivity index (χ0n) is 17.3. The molecule has 1 N–H and O–H groups in total. The minimum absolute atomic E-state index is 0.00871. The smallest absolute Gasteiger partial charge is 0.235 e. The predicted octanol–water partition coefficient (Wildman–Crippen LogP) is 3.79. The largest absolute Gasteiger partial charge is 0.381 e. The fraction of sp³-hybridized carbons (Fsp3) is 0.250. The minimum atomic E-state index is -0.573. The topological polar surface area (TPSA) is 81.4 Å². The molecule has 0 saturated carbocycles. The fourth-order valence-electron chi connectivity index (χ4n) is 4.15. The number of carbonyl (C=O) groups is 1. The Kier molecular flexibility index (Phi) is 4.95. The standard InChI is InChI=1S/C24H23N5O2/c1-17-26-27-22-12-11-21(28-29(17)22)18-7-9-20(10-8-18)25-23(30)24(13-15-31-16-14-24)19-5-3-2-4-6-19/h2-12H,13-16H2,1H3,(H,25,30). The van der Waals surface area contributed by atoms with Crippen molar-refractivity contribution >= 4 is 17.2 Å². The zero-order valence-corrected chi connectivity index (χ0v) is 17.3. The summed E-state index contributed by atoms with van der Waals surface area (Å²) in [6.07, 6.45) is 1.34. The molecule has 7 heteroatoms. The molecule has 1 saturated heterocycles. The zero-order chi connectivity index (χ0) is 21.3. The third-order valence-corrected chi connectivity index (χ3v) is 5.96. The predicted molar refractivity (Wildman–Crippen MR) is 118 cm³/mol. The first kappa shape index (κ1) is 19.4. The van der Waals surface area contributed by atoms with Crippen LogP contribution in [0.1, 0.15) is 24.2 Å². The molecule has 0 aliphatic carbocycles. The monoisotopic (exact) mass is 413 g/mol. The molecular weight excluding hydrogens is 390 g/mol. The lowest BCUT2D eigenvalue weighted by Crippen LogP contribution is -2.44. The van der Waals surface area contributed by atoms with Crippen molar-refractivity contribution in [1.82, 2.24) is 19.8 Å². The van der Waals surface area contributed by atoms with Gasteiger partial charge in [0.05, 0.1) is 11.1 Å². The van der Waals surface area contributed by atoms with Crippen LogP contribution < -0.4 is 5.32 Å². The highest BCUT2D eigenvalue weighted by Crippen LogP contribution is 2.36. The maximum atomic E-state index is 13.4. The van der Waals surface area contributed by atoms with Gasteiger partial charge in [0.1, 0.15) is 0 Å². The number of carbonyl (C=O) groups excluding carboxylic acids is 1. The van der Waals surface area contributed by atoms with Crippen LogP contribution in [-0.2, 0) is 14.9 Å². The van der Waals surface area contributed by atoms with E-state index in [0.29, 0.717) is 31.7 Å². The Balaban J connectivity index is 1.39. The van der Waals surface area contributed by atoms with Gasteiger partial charge in [-0.2, -0.15) is 9.61 Å². The molecule has 1 aliphatic rings. The summed E-state index contributed by atoms with van der Waals surface area (Å²) in [6, 6.07) is 21.6. The van der Waals surface area contributed by atoms with Crippen LogP contribution in [0.15, 0.2) is 66.7 Å². The Morgan fingerprint density at radius 2 is 1.71 bits per heavy atom. The van der Waals surface area contributed by atoms with Gasteiger partial charge >= 0.3 is 0 Å². The van der Waals surface area contributed by atoms with E-state index in [1.54, 1.807) is 4.52 Å². The van der Waals surface area contributed by atoms with Crippen LogP contribution in [0.25, 0.3) is 16.9 Å². The molecule has 0 bridgehead atoms. The van der Waals surface area contributed by atoms with Gasteiger partial charge in [-0.3, -0.25) is 4.79 Å². The van der Waals surface area contributed by atoms with Gasteiger partial charge in [0.25, 0.3) is 0 Å². The second kappa shape index (κ2) is 7.92. The molecule has 2 aromatic carbocycles. The van der Waals surface area contributed by atoms with Crippen LogP contribution in [-0.4, -0.2) is 38.9 Å². The SMILES string of the molecule is Cc1nnc2ccc(-c3ccc(NC(=O)C4(c5ccccc5)CCOCC4)cc3)nn12. The summed E-state index contributed by atoms with van der Waals surface area (Å²) in [6.45, 7) is 3.03. The van der Waals surface area contributed by atoms with Crippen molar-refractivity contribution in [1.29, 1.82) is 0 Å². The first-order valence-electron chi connectivity index (χ1n) is 10.4. The number of nitrogens with one attached hydrogen (secondary N) is 1. The van der Waals surface area contributed by atoms with Crippen molar-refractivity contribution < 1.29 is 9.53 Å². The summed E-state index contributed by atoms with van der Waals surface area (Å²) in [7, 11) is 0. The molecule has 1 fully saturated rings. The van der Waals surface area contributed by atoms with Crippen molar-refractivity contribution in [2.75, 3.05) is 18.5 Å². The Labute approximate surface area is 180 Å². The molecule has 5 rings (SSSR count). The molecule has 7 nitrogen and oxygen atoms in total. The number of aryl methyl sites for hydroxylation is 1. The van der Waals surface area contributed by atoms with Gasteiger partial charge in [-0.05, 0) is 49.6 Å². The van der Waals surface area contributed by atoms with Crippen LogP contribution in [0.4, 0.5) is 5.69 Å². The van der Waals surface area contributed by atoms with Crippen LogP contribution in [0.2, 0.25) is 0 Å². The molecule has 2 aromatic heterocycles. The lowest BCUT2D eigenvalue weighted by Gasteiger charge is -2.36. The lowest BCUT2D eigenvalue weighted by atomic mass is 9.73. The van der Waals surface area contributed by atoms with Crippen molar-refractivity contribution in [2.45, 2.75) is 25.2 Å². The Morgan fingerprint density at radius 3 is 2.45 bits per heavy atom. The third-order valence-electron chi connectivity index (χ3n) is 5.96. The summed E-state index contributed by atoms with van der Waals surface area (Å²) < 4.78 is 7.27. The number of benzene rings is 2. The number of hydrogen-bond donors (Lipinski definition) is 1. The molecule has 31 heavy (non-hydrogen) atoms. The number of aromatic nitrogens is 4. The van der Waals surface area contributed by atoms with E-state index in [1.165, 1.54) is 0 Å². The summed E-state index contributed by atoms with van der Waals surface area (Å²) in [5.41, 5.74) is 3.71. The summed E-state index contributed by atoms with van der Waals surface area (Å²) in [4.78, 5) is 13.4. The van der Waals surface area contributed by atoms with Crippen LogP contribution in [0.5, 0.6) is 0 Å². The van der Waals surface area contributed by atoms with Crippen molar-refractivity contribution in [3.8, 4) is 11.3 Å². The van der Waals surface area contributed by atoms with Gasteiger partial charge in [-0.15, -0.1) is 10.2 Å². The van der Waals surface area contributed by atoms with E-state index >= 15 is 0 Å². The summed E-state index contributed by atoms with van der Waals surface area (Å²) in [5.74, 6) is 0.748. The first-order valence-corrected chi connectivity index (χ1v) is 10.4. The number of rotatable bonds is 4.